The maximum absolute atomic E-state index is 5.17. The summed E-state index contributed by atoms with van der Waals surface area (Å²) in [4.78, 5) is 35.6. The minimum Gasteiger partial charge on any atom is -0.292 e. The number of pyridine rings is 6. The number of hydrogen-bond acceptors (Lipinski definition) is 7. The Kier molecular flexibility index (Phi) is 16.1. The molecule has 0 saturated carbocycles. The number of para-hydroxylation sites is 6. The lowest BCUT2D eigenvalue weighted by Gasteiger charge is -2.13. The van der Waals surface area contributed by atoms with Crippen LogP contribution in [0.3, 0.4) is 0 Å². The topological polar surface area (TPSA) is 95.2 Å². The highest BCUT2D eigenvalue weighted by molar-refractivity contribution is 6.25. The first-order chi connectivity index (χ1) is 54.1. The molecule has 0 radical (unpaired) electrons. The van der Waals surface area contributed by atoms with Gasteiger partial charge in [0.1, 0.15) is 5.82 Å². The number of fused-ring (bicyclic) bond motifs is 17. The van der Waals surface area contributed by atoms with E-state index in [1.807, 2.05) is 42.5 Å². The van der Waals surface area contributed by atoms with Crippen LogP contribution in [0.1, 0.15) is 0 Å². The molecule has 0 fully saturated rings. The van der Waals surface area contributed by atoms with E-state index >= 15 is 0 Å². The van der Waals surface area contributed by atoms with Gasteiger partial charge in [0, 0.05) is 76.4 Å². The minimum absolute atomic E-state index is 0.855. The van der Waals surface area contributed by atoms with Gasteiger partial charge in [0.05, 0.1) is 78.8 Å². The first kappa shape index (κ1) is 63.9. The van der Waals surface area contributed by atoms with E-state index in [2.05, 4.69) is 350 Å². The molecule has 0 amide bonds. The second-order valence-corrected chi connectivity index (χ2v) is 27.3. The van der Waals surface area contributed by atoms with Crippen LogP contribution >= 0.6 is 0 Å². The van der Waals surface area contributed by atoms with Gasteiger partial charge in [-0.25, -0.2) is 34.9 Å². The molecule has 508 valence electrons. The quantitative estimate of drug-likeness (QED) is 0.140. The summed E-state index contributed by atoms with van der Waals surface area (Å²) in [6.45, 7) is 0. The second-order valence-electron chi connectivity index (χ2n) is 27.3. The molecule has 0 aliphatic rings. The monoisotopic (exact) mass is 1390 g/mol. The van der Waals surface area contributed by atoms with E-state index in [0.717, 1.165) is 134 Å². The molecule has 8 nitrogen and oxygen atoms in total. The van der Waals surface area contributed by atoms with Crippen LogP contribution in [0.15, 0.2) is 388 Å². The first-order valence-electron chi connectivity index (χ1n) is 36.8. The molecule has 7 heterocycles. The van der Waals surface area contributed by atoms with E-state index in [1.54, 1.807) is 0 Å². The van der Waals surface area contributed by atoms with Gasteiger partial charge in [-0.1, -0.05) is 309 Å². The SMILES string of the molecule is c1cc(-c2cccc3ccccc23)nc(-c2nc3ccccc3c3c2ccc2ccccc23)c1.c1ccc(-c2cccc(-c3nc4ccccc4c4c3ccc3ccccc34)n2)cc1.c1ccc(-n2c(-c3ccc(-c4cccc(-c5nc6ccccc6c6c5ccc5ccccc56)n4)cc3)nc3ccccc32)cc1. The third kappa shape index (κ3) is 11.6. The molecule has 22 aromatic rings. The molecule has 0 N–H and O–H groups in total. The van der Waals surface area contributed by atoms with Gasteiger partial charge in [-0.15, -0.1) is 0 Å². The Bertz CT molecular complexity index is 7250. The average Bonchev–Trinajstić information content (AvgIpc) is 1.60. The fourth-order valence-electron chi connectivity index (χ4n) is 15.8. The van der Waals surface area contributed by atoms with Crippen molar-refractivity contribution in [3.63, 3.8) is 0 Å². The first-order valence-corrected chi connectivity index (χ1v) is 36.8. The number of aromatic nitrogens is 8. The van der Waals surface area contributed by atoms with E-state index in [4.69, 9.17) is 34.9 Å². The van der Waals surface area contributed by atoms with Gasteiger partial charge < -0.3 is 0 Å². The molecular weight excluding hydrogens is 1330 g/mol. The van der Waals surface area contributed by atoms with Crippen LogP contribution in [-0.2, 0) is 0 Å². The van der Waals surface area contributed by atoms with Gasteiger partial charge in [-0.2, -0.15) is 0 Å². The Hall–Kier alpha value is -14.7. The van der Waals surface area contributed by atoms with Crippen molar-refractivity contribution in [2.24, 2.45) is 0 Å². The van der Waals surface area contributed by atoms with Crippen molar-refractivity contribution in [2.45, 2.75) is 0 Å². The Morgan fingerprint density at radius 1 is 0.174 bits per heavy atom. The predicted octanol–water partition coefficient (Wildman–Crippen LogP) is 26.0. The molecular formula is C101H64N8. The van der Waals surface area contributed by atoms with Crippen molar-refractivity contribution in [2.75, 3.05) is 0 Å². The molecule has 7 aromatic heterocycles. The number of rotatable bonds is 8. The van der Waals surface area contributed by atoms with E-state index in [9.17, 15) is 0 Å². The third-order valence-electron chi connectivity index (χ3n) is 20.9. The second kappa shape index (κ2) is 27.4. The van der Waals surface area contributed by atoms with Crippen LogP contribution < -0.4 is 0 Å². The predicted molar refractivity (Wildman–Crippen MR) is 454 cm³/mol. The van der Waals surface area contributed by atoms with Crippen molar-refractivity contribution in [1.29, 1.82) is 0 Å². The van der Waals surface area contributed by atoms with Gasteiger partial charge >= 0.3 is 0 Å². The normalized spacial score (nSPS) is 11.5. The Labute approximate surface area is 627 Å². The summed E-state index contributed by atoms with van der Waals surface area (Å²) in [6, 6.07) is 135. The summed E-state index contributed by atoms with van der Waals surface area (Å²) in [5, 5.41) is 20.4. The fraction of sp³-hybridized carbons (Fsp3) is 0. The van der Waals surface area contributed by atoms with Crippen molar-refractivity contribution >= 4 is 119 Å². The number of nitrogens with zero attached hydrogens (tertiary/aromatic N) is 8. The lowest BCUT2D eigenvalue weighted by atomic mass is 9.96. The molecule has 0 saturated heterocycles. The third-order valence-corrected chi connectivity index (χ3v) is 20.9. The standard InChI is InChI=1S/C41H26N4.C32H20N2.C28H18N2/c1-2-12-30(13-3-1)45-38-20-9-8-17-36(38)44-41(45)29-23-21-28(22-24-29)34-18-10-19-37(42-34)40-33-26-25-27-11-4-5-14-31(27)39(33)32-15-6-7-16-35(32)43-40;1-3-12-23-21(9-1)11-7-15-25(23)28-17-8-18-30(33-28)32-27-20-19-22-10-2-4-13-24(22)31(27)26-14-5-6-16-29(26)34-32;1-2-10-20(11-3-1)24-15-8-16-26(29-24)28-23-18-17-19-9-4-5-12-21(19)27(23)22-13-6-7-14-25(22)30-28/h1-26H;1-20H;1-18H. The molecule has 0 unspecified atom stereocenters. The van der Waals surface area contributed by atoms with Crippen molar-refractivity contribution in [3.8, 4) is 85.0 Å². The Morgan fingerprint density at radius 2 is 0.505 bits per heavy atom. The van der Waals surface area contributed by atoms with Crippen molar-refractivity contribution in [3.05, 3.63) is 388 Å². The van der Waals surface area contributed by atoms with E-state index in [1.165, 1.54) is 70.0 Å². The lowest BCUT2D eigenvalue weighted by Crippen LogP contribution is -1.97. The summed E-state index contributed by atoms with van der Waals surface area (Å²) in [5.41, 5.74) is 18.6. The van der Waals surface area contributed by atoms with Crippen LogP contribution in [0.25, 0.3) is 204 Å². The highest BCUT2D eigenvalue weighted by atomic mass is 15.1. The van der Waals surface area contributed by atoms with E-state index in [0.29, 0.717) is 0 Å². The Balaban J connectivity index is 0.000000110. The van der Waals surface area contributed by atoms with Crippen molar-refractivity contribution in [1.82, 2.24) is 39.5 Å². The number of imidazole rings is 1. The van der Waals surface area contributed by atoms with Gasteiger partial charge in [0.15, 0.2) is 0 Å². The zero-order chi connectivity index (χ0) is 72.1. The van der Waals surface area contributed by atoms with Gasteiger partial charge in [0.25, 0.3) is 0 Å². The Morgan fingerprint density at radius 3 is 0.982 bits per heavy atom. The number of benzene rings is 15. The zero-order valence-corrected chi connectivity index (χ0v) is 59.0. The fourth-order valence-corrected chi connectivity index (χ4v) is 15.8. The molecule has 0 bridgehead atoms. The summed E-state index contributed by atoms with van der Waals surface area (Å²) in [7, 11) is 0. The highest BCUT2D eigenvalue weighted by Gasteiger charge is 2.21. The minimum atomic E-state index is 0.855. The van der Waals surface area contributed by atoms with Crippen LogP contribution in [0.4, 0.5) is 0 Å². The largest absolute Gasteiger partial charge is 0.292 e. The highest BCUT2D eigenvalue weighted by Crippen LogP contribution is 2.42. The van der Waals surface area contributed by atoms with E-state index < -0.39 is 0 Å². The average molecular weight is 1390 g/mol. The maximum atomic E-state index is 5.17. The molecule has 109 heavy (non-hydrogen) atoms. The molecule has 22 rings (SSSR count). The van der Waals surface area contributed by atoms with E-state index in [-0.39, 0.29) is 0 Å². The maximum Gasteiger partial charge on any atom is 0.145 e. The summed E-state index contributed by atoms with van der Waals surface area (Å²) >= 11 is 0. The van der Waals surface area contributed by atoms with Crippen LogP contribution in [0.2, 0.25) is 0 Å². The number of hydrogen-bond donors (Lipinski definition) is 0. The summed E-state index contributed by atoms with van der Waals surface area (Å²) in [6.07, 6.45) is 0. The van der Waals surface area contributed by atoms with Gasteiger partial charge in [-0.05, 0) is 122 Å². The molecule has 0 spiro atoms. The molecule has 0 atom stereocenters. The van der Waals surface area contributed by atoms with Crippen LogP contribution in [0.5, 0.6) is 0 Å². The summed E-state index contributed by atoms with van der Waals surface area (Å²) in [5.74, 6) is 0.912. The summed E-state index contributed by atoms with van der Waals surface area (Å²) < 4.78 is 2.23. The van der Waals surface area contributed by atoms with Gasteiger partial charge in [0.2, 0.25) is 0 Å². The molecule has 8 heteroatoms. The zero-order valence-electron chi connectivity index (χ0n) is 59.0. The molecule has 0 aliphatic heterocycles. The lowest BCUT2D eigenvalue weighted by molar-refractivity contribution is 1.10. The van der Waals surface area contributed by atoms with Crippen molar-refractivity contribution < 1.29 is 0 Å². The van der Waals surface area contributed by atoms with Crippen LogP contribution in [-0.4, -0.2) is 39.5 Å². The molecule has 15 aromatic carbocycles. The van der Waals surface area contributed by atoms with Gasteiger partial charge in [-0.3, -0.25) is 4.57 Å². The van der Waals surface area contributed by atoms with Crippen LogP contribution in [0, 0.1) is 0 Å². The molecule has 0 aliphatic carbocycles. The smallest absolute Gasteiger partial charge is 0.145 e.